The van der Waals surface area contributed by atoms with Gasteiger partial charge in [-0.3, -0.25) is 0 Å². The average molecular weight is 127 g/mol. The highest BCUT2D eigenvalue weighted by molar-refractivity contribution is 8.59. The van der Waals surface area contributed by atoms with Crippen molar-refractivity contribution in [3.8, 4) is 0 Å². The number of primary amides is 1. The first-order chi connectivity index (χ1) is 2.73. The van der Waals surface area contributed by atoms with E-state index in [-0.39, 0.29) is 0 Å². The molecule has 0 saturated heterocycles. The topological polar surface area (TPSA) is 63.3 Å². The number of carboxylic acid groups (broad SMARTS) is 1. The Hall–Kier alpha value is -0.0300. The van der Waals surface area contributed by atoms with E-state index in [9.17, 15) is 0 Å². The second-order valence-corrected chi connectivity index (χ2v) is 0.338. The van der Waals surface area contributed by atoms with Crippen molar-refractivity contribution in [3.05, 3.63) is 0 Å². The molecular weight excluding hydrogens is 122 g/mol. The van der Waals surface area contributed by atoms with Crippen molar-refractivity contribution in [2.45, 2.75) is 0 Å². The monoisotopic (exact) mass is 127 g/mol. The van der Waals surface area contributed by atoms with Gasteiger partial charge in [0.2, 0.25) is 0 Å². The number of hydrogen-bond donors (Lipinski definition) is 4. The molecule has 5 heteroatoms. The van der Waals surface area contributed by atoms with Crippen LogP contribution < -0.4 is 5.73 Å². The van der Waals surface area contributed by atoms with E-state index >= 15 is 0 Å². The fourth-order valence-electron chi connectivity index (χ4n) is 0. The quantitative estimate of drug-likeness (QED) is 0.281. The van der Waals surface area contributed by atoms with Gasteiger partial charge in [0.1, 0.15) is 0 Å². The van der Waals surface area contributed by atoms with Crippen molar-refractivity contribution in [2.75, 3.05) is 0 Å². The van der Waals surface area contributed by atoms with Crippen molar-refractivity contribution in [2.24, 2.45) is 5.73 Å². The van der Waals surface area contributed by atoms with Crippen molar-refractivity contribution in [1.29, 1.82) is 0 Å². The van der Waals surface area contributed by atoms with Crippen LogP contribution in [0.2, 0.25) is 0 Å². The molecule has 0 aliphatic rings. The molecule has 0 aliphatic carbocycles. The number of carbonyl (C=O) groups is 1. The molecule has 3 nitrogen and oxygen atoms in total. The molecule has 0 saturated carbocycles. The highest BCUT2D eigenvalue weighted by Gasteiger charge is 1.65. The Balaban J connectivity index is 0. The van der Waals surface area contributed by atoms with E-state index in [1.807, 2.05) is 0 Å². The predicted molar refractivity (Wildman–Crippen MR) is 30.2 cm³/mol. The van der Waals surface area contributed by atoms with Crippen LogP contribution in [0.4, 0.5) is 4.79 Å². The van der Waals surface area contributed by atoms with Gasteiger partial charge in [-0.2, -0.15) is 0 Å². The Kier molecular flexibility index (Phi) is 13.8. The molecule has 0 aromatic carbocycles. The molecule has 0 rings (SSSR count). The zero-order chi connectivity index (χ0) is 5.58. The van der Waals surface area contributed by atoms with E-state index in [4.69, 9.17) is 9.90 Å². The molecule has 38 valence electrons. The molecule has 0 radical (unpaired) electrons. The van der Waals surface area contributed by atoms with Gasteiger partial charge in [0, 0.05) is 0 Å². The zero-order valence-corrected chi connectivity index (χ0v) is 4.62. The van der Waals surface area contributed by atoms with Gasteiger partial charge in [0.25, 0.3) is 0 Å². The van der Waals surface area contributed by atoms with Crippen LogP contribution in [0.3, 0.4) is 0 Å². The Morgan fingerprint density at radius 2 is 1.67 bits per heavy atom. The van der Waals surface area contributed by atoms with Crippen molar-refractivity contribution < 1.29 is 9.90 Å². The van der Waals surface area contributed by atoms with E-state index < -0.39 is 6.09 Å². The van der Waals surface area contributed by atoms with E-state index in [2.05, 4.69) is 29.1 Å². The van der Waals surface area contributed by atoms with Gasteiger partial charge in [-0.25, -0.2) is 4.79 Å². The second kappa shape index (κ2) is 8.88. The molecular formula is CH5NO2S2. The molecule has 0 fully saturated rings. The summed E-state index contributed by atoms with van der Waals surface area (Å²) in [4.78, 5) is 8.78. The number of nitrogens with two attached hydrogens (primary N) is 1. The van der Waals surface area contributed by atoms with Crippen LogP contribution >= 0.6 is 23.3 Å². The third-order valence-corrected chi connectivity index (χ3v) is 0. The zero-order valence-electron chi connectivity index (χ0n) is 2.83. The summed E-state index contributed by atoms with van der Waals surface area (Å²) < 4.78 is 0. The third-order valence-electron chi connectivity index (χ3n) is 0. The van der Waals surface area contributed by atoms with Gasteiger partial charge in [-0.15, -0.1) is 23.3 Å². The van der Waals surface area contributed by atoms with E-state index in [0.717, 1.165) is 0 Å². The summed E-state index contributed by atoms with van der Waals surface area (Å²) in [6.45, 7) is 0. The molecule has 6 heavy (non-hydrogen) atoms. The van der Waals surface area contributed by atoms with Crippen LogP contribution in [0.1, 0.15) is 0 Å². The van der Waals surface area contributed by atoms with Crippen LogP contribution in [-0.4, -0.2) is 11.2 Å². The SMILES string of the molecule is NC(=O)O.SS. The first-order valence-corrected chi connectivity index (χ1v) is 2.52. The molecule has 0 aliphatic heterocycles. The molecule has 0 aromatic rings. The standard InChI is InChI=1S/CH3NO2.H2S2/c2-1(3)4;1-2/h2H2,(H,3,4);1-2H. The van der Waals surface area contributed by atoms with Gasteiger partial charge in [-0.1, -0.05) is 0 Å². The highest BCUT2D eigenvalue weighted by Crippen LogP contribution is 1.65. The predicted octanol–water partition coefficient (Wildman–Crippen LogP) is 0.384. The normalized spacial score (nSPS) is 5.00. The molecule has 0 bridgehead atoms. The van der Waals surface area contributed by atoms with Gasteiger partial charge in [-0.05, 0) is 0 Å². The molecule has 0 unspecified atom stereocenters. The molecule has 0 heterocycles. The van der Waals surface area contributed by atoms with Crippen LogP contribution in [-0.2, 0) is 0 Å². The lowest BCUT2D eigenvalue weighted by molar-refractivity contribution is 0.205. The fourth-order valence-corrected chi connectivity index (χ4v) is 0. The minimum atomic E-state index is -1.33. The first-order valence-electron chi connectivity index (χ1n) is 0.916. The minimum absolute atomic E-state index is 1.33. The number of amides is 1. The number of hydrogen-bond acceptors (Lipinski definition) is 3. The van der Waals surface area contributed by atoms with Crippen molar-refractivity contribution in [1.82, 2.24) is 0 Å². The largest absolute Gasteiger partial charge is 0.465 e. The summed E-state index contributed by atoms with van der Waals surface area (Å²) in [5.74, 6) is 0. The van der Waals surface area contributed by atoms with Crippen LogP contribution in [0.15, 0.2) is 0 Å². The minimum Gasteiger partial charge on any atom is -0.465 e. The van der Waals surface area contributed by atoms with Gasteiger partial charge >= 0.3 is 6.09 Å². The molecule has 0 aromatic heterocycles. The van der Waals surface area contributed by atoms with E-state index in [0.29, 0.717) is 0 Å². The molecule has 0 atom stereocenters. The van der Waals surface area contributed by atoms with Gasteiger partial charge in [0.15, 0.2) is 0 Å². The average Bonchev–Trinajstić information content (AvgIpc) is 1.41. The highest BCUT2D eigenvalue weighted by atomic mass is 33.1. The van der Waals surface area contributed by atoms with Crippen molar-refractivity contribution >= 4 is 29.4 Å². The number of thiol groups is 2. The van der Waals surface area contributed by atoms with Crippen LogP contribution in [0, 0.1) is 0 Å². The summed E-state index contributed by atoms with van der Waals surface area (Å²) >= 11 is 6.44. The lowest BCUT2D eigenvalue weighted by Crippen LogP contribution is -2.03. The van der Waals surface area contributed by atoms with Crippen LogP contribution in [0.5, 0.6) is 0 Å². The van der Waals surface area contributed by atoms with Crippen molar-refractivity contribution in [3.63, 3.8) is 0 Å². The first kappa shape index (κ1) is 9.36. The molecule has 0 spiro atoms. The lowest BCUT2D eigenvalue weighted by Gasteiger charge is -1.61. The summed E-state index contributed by atoms with van der Waals surface area (Å²) in [5, 5.41) is 7.19. The maximum Gasteiger partial charge on any atom is 0.402 e. The molecule has 3 N–H and O–H groups in total. The maximum absolute atomic E-state index is 8.78. The Bertz CT molecular complexity index is 34.5. The summed E-state index contributed by atoms with van der Waals surface area (Å²) in [6, 6.07) is 0. The Morgan fingerprint density at radius 1 is 1.67 bits per heavy atom. The van der Waals surface area contributed by atoms with E-state index in [1.165, 1.54) is 0 Å². The fraction of sp³-hybridized carbons (Fsp3) is 0. The second-order valence-electron chi connectivity index (χ2n) is 0.338. The summed E-state index contributed by atoms with van der Waals surface area (Å²) in [6.07, 6.45) is -1.33. The smallest absolute Gasteiger partial charge is 0.402 e. The summed E-state index contributed by atoms with van der Waals surface area (Å²) in [7, 11) is 0. The van der Waals surface area contributed by atoms with E-state index in [1.54, 1.807) is 0 Å². The lowest BCUT2D eigenvalue weighted by atomic mass is 11.3. The van der Waals surface area contributed by atoms with Gasteiger partial charge in [0.05, 0.1) is 0 Å². The van der Waals surface area contributed by atoms with Crippen LogP contribution in [0.25, 0.3) is 0 Å². The Morgan fingerprint density at radius 3 is 1.67 bits per heavy atom. The third kappa shape index (κ3) is 38900. The number of rotatable bonds is 0. The summed E-state index contributed by atoms with van der Waals surface area (Å²) in [5.41, 5.74) is 4.03. The maximum atomic E-state index is 8.78. The Labute approximate surface area is 45.8 Å². The van der Waals surface area contributed by atoms with Gasteiger partial charge < -0.3 is 10.8 Å². The molecule has 1 amide bonds.